The molecule has 0 atom stereocenters. The molecular weight excluding hydrogens is 260 g/mol. The molecule has 7 heteroatoms. The molecule has 0 unspecified atom stereocenters. The first kappa shape index (κ1) is 14.3. The van der Waals surface area contributed by atoms with Gasteiger partial charge in [0.25, 0.3) is 5.91 Å². The van der Waals surface area contributed by atoms with Gasteiger partial charge in [-0.15, -0.1) is 0 Å². The number of nitrogens with one attached hydrogen (secondary N) is 2. The molecule has 1 aromatic rings. The molecule has 0 aliphatic heterocycles. The fraction of sp³-hybridized carbons (Fsp3) is 0.273. The Kier molecular flexibility index (Phi) is 5.41. The third-order valence-corrected chi connectivity index (χ3v) is 2.35. The first-order chi connectivity index (χ1) is 8.58. The van der Waals surface area contributed by atoms with Gasteiger partial charge >= 0.3 is 6.09 Å². The zero-order valence-corrected chi connectivity index (χ0v) is 10.5. The third kappa shape index (κ3) is 3.90. The highest BCUT2D eigenvalue weighted by atomic mass is 35.5. The van der Waals surface area contributed by atoms with Crippen molar-refractivity contribution in [3.63, 3.8) is 0 Å². The second kappa shape index (κ2) is 6.83. The summed E-state index contributed by atoms with van der Waals surface area (Å²) in [6.07, 6.45) is -0.750. The average Bonchev–Trinajstić information content (AvgIpc) is 2.38. The summed E-state index contributed by atoms with van der Waals surface area (Å²) in [6.45, 7) is -0.377. The minimum Gasteiger partial charge on any atom is -0.447 e. The summed E-state index contributed by atoms with van der Waals surface area (Å²) in [4.78, 5) is 22.7. The topological polar surface area (TPSA) is 87.7 Å². The molecule has 1 aromatic carbocycles. The van der Waals surface area contributed by atoms with Crippen molar-refractivity contribution in [3.05, 3.63) is 28.8 Å². The zero-order valence-electron chi connectivity index (χ0n) is 9.70. The molecule has 0 aliphatic rings. The highest BCUT2D eigenvalue weighted by Crippen LogP contribution is 2.23. The standard InChI is InChI=1S/C11H13ClN2O4/c1-13-10(16)7-2-3-8(12)9(6-7)14-11(17)18-5-4-15/h2-3,6,15H,4-5H2,1H3,(H,13,16)(H,14,17). The number of benzene rings is 1. The number of carbonyl (C=O) groups excluding carboxylic acids is 2. The SMILES string of the molecule is CNC(=O)c1ccc(Cl)c(NC(=O)OCCO)c1. The Morgan fingerprint density at radius 3 is 2.78 bits per heavy atom. The van der Waals surface area contributed by atoms with Crippen molar-refractivity contribution >= 4 is 29.3 Å². The van der Waals surface area contributed by atoms with Gasteiger partial charge in [0.2, 0.25) is 0 Å². The number of aliphatic hydroxyl groups excluding tert-OH is 1. The summed E-state index contributed by atoms with van der Waals surface area (Å²) >= 11 is 5.87. The lowest BCUT2D eigenvalue weighted by atomic mass is 10.2. The maximum Gasteiger partial charge on any atom is 0.411 e. The average molecular weight is 273 g/mol. The Labute approximate surface area is 109 Å². The van der Waals surface area contributed by atoms with Crippen LogP contribution >= 0.6 is 11.6 Å². The van der Waals surface area contributed by atoms with E-state index in [2.05, 4.69) is 15.4 Å². The van der Waals surface area contributed by atoms with Gasteiger partial charge in [0, 0.05) is 12.6 Å². The summed E-state index contributed by atoms with van der Waals surface area (Å²) in [5.74, 6) is -0.293. The Bertz CT molecular complexity index is 451. The first-order valence-electron chi connectivity index (χ1n) is 5.14. The zero-order chi connectivity index (χ0) is 13.5. The number of halogens is 1. The fourth-order valence-corrected chi connectivity index (χ4v) is 1.36. The maximum absolute atomic E-state index is 11.4. The maximum atomic E-state index is 11.4. The lowest BCUT2D eigenvalue weighted by molar-refractivity contribution is 0.0963. The second-order valence-corrected chi connectivity index (χ2v) is 3.67. The summed E-state index contributed by atoms with van der Waals surface area (Å²) in [5.41, 5.74) is 0.625. The van der Waals surface area contributed by atoms with E-state index < -0.39 is 6.09 Å². The van der Waals surface area contributed by atoms with Crippen LogP contribution in [0, 0.1) is 0 Å². The van der Waals surface area contributed by atoms with Crippen LogP contribution in [0.25, 0.3) is 0 Å². The molecule has 0 saturated carbocycles. The number of hydrogen-bond acceptors (Lipinski definition) is 4. The number of hydrogen-bond donors (Lipinski definition) is 3. The van der Waals surface area contributed by atoms with Gasteiger partial charge in [-0.25, -0.2) is 4.79 Å². The number of carbonyl (C=O) groups is 2. The van der Waals surface area contributed by atoms with Crippen LogP contribution < -0.4 is 10.6 Å². The number of aliphatic hydroxyl groups is 1. The molecule has 3 N–H and O–H groups in total. The normalized spacial score (nSPS) is 9.72. The van der Waals surface area contributed by atoms with Crippen LogP contribution in [-0.2, 0) is 4.74 Å². The number of rotatable bonds is 4. The van der Waals surface area contributed by atoms with E-state index >= 15 is 0 Å². The van der Waals surface area contributed by atoms with E-state index in [1.807, 2.05) is 0 Å². The highest BCUT2D eigenvalue weighted by molar-refractivity contribution is 6.33. The molecule has 0 spiro atoms. The fourth-order valence-electron chi connectivity index (χ4n) is 1.19. The van der Waals surface area contributed by atoms with Gasteiger partial charge in [0.15, 0.2) is 0 Å². The molecule has 0 heterocycles. The van der Waals surface area contributed by atoms with Crippen molar-refractivity contribution in [2.24, 2.45) is 0 Å². The third-order valence-electron chi connectivity index (χ3n) is 2.02. The molecular formula is C11H13ClN2O4. The number of ether oxygens (including phenoxy) is 1. The molecule has 18 heavy (non-hydrogen) atoms. The molecule has 98 valence electrons. The smallest absolute Gasteiger partial charge is 0.411 e. The van der Waals surface area contributed by atoms with Gasteiger partial charge in [-0.1, -0.05) is 11.6 Å². The number of anilines is 1. The van der Waals surface area contributed by atoms with Gasteiger partial charge in [0.05, 0.1) is 17.3 Å². The quantitative estimate of drug-likeness (QED) is 0.769. The molecule has 6 nitrogen and oxygen atoms in total. The van der Waals surface area contributed by atoms with E-state index in [1.54, 1.807) is 0 Å². The minimum absolute atomic E-state index is 0.113. The Morgan fingerprint density at radius 2 is 2.17 bits per heavy atom. The highest BCUT2D eigenvalue weighted by Gasteiger charge is 2.10. The summed E-state index contributed by atoms with van der Waals surface area (Å²) in [6, 6.07) is 4.46. The van der Waals surface area contributed by atoms with Gasteiger partial charge in [-0.3, -0.25) is 10.1 Å². The van der Waals surface area contributed by atoms with Crippen LogP contribution in [0.3, 0.4) is 0 Å². The Balaban J connectivity index is 2.81. The molecule has 0 aromatic heterocycles. The minimum atomic E-state index is -0.750. The summed E-state index contributed by atoms with van der Waals surface area (Å²) in [5, 5.41) is 13.6. The predicted octanol–water partition coefficient (Wildman–Crippen LogP) is 1.24. The van der Waals surface area contributed by atoms with Crippen molar-refractivity contribution < 1.29 is 19.4 Å². The Morgan fingerprint density at radius 1 is 1.44 bits per heavy atom. The van der Waals surface area contributed by atoms with Crippen LogP contribution in [0.15, 0.2) is 18.2 Å². The van der Waals surface area contributed by atoms with Crippen LogP contribution in [0.1, 0.15) is 10.4 Å². The van der Waals surface area contributed by atoms with Crippen molar-refractivity contribution in [1.82, 2.24) is 5.32 Å². The van der Waals surface area contributed by atoms with Crippen LogP contribution in [0.4, 0.5) is 10.5 Å². The van der Waals surface area contributed by atoms with Gasteiger partial charge in [0.1, 0.15) is 6.61 Å². The number of amides is 2. The van der Waals surface area contributed by atoms with Gasteiger partial charge in [-0.05, 0) is 18.2 Å². The molecule has 0 radical (unpaired) electrons. The molecule has 2 amide bonds. The monoisotopic (exact) mass is 272 g/mol. The summed E-state index contributed by atoms with van der Waals surface area (Å²) < 4.78 is 4.62. The van der Waals surface area contributed by atoms with E-state index in [9.17, 15) is 9.59 Å². The largest absolute Gasteiger partial charge is 0.447 e. The predicted molar refractivity (Wildman–Crippen MR) is 66.9 cm³/mol. The van der Waals surface area contributed by atoms with E-state index in [0.717, 1.165) is 0 Å². The molecule has 0 fully saturated rings. The van der Waals surface area contributed by atoms with Crippen molar-refractivity contribution in [2.75, 3.05) is 25.6 Å². The lowest BCUT2D eigenvalue weighted by Crippen LogP contribution is -2.19. The second-order valence-electron chi connectivity index (χ2n) is 3.26. The van der Waals surface area contributed by atoms with Crippen molar-refractivity contribution in [1.29, 1.82) is 0 Å². The van der Waals surface area contributed by atoms with Crippen LogP contribution in [0.5, 0.6) is 0 Å². The van der Waals surface area contributed by atoms with E-state index in [-0.39, 0.29) is 29.8 Å². The first-order valence-corrected chi connectivity index (χ1v) is 5.52. The Hall–Kier alpha value is -1.79. The van der Waals surface area contributed by atoms with Gasteiger partial charge in [-0.2, -0.15) is 0 Å². The lowest BCUT2D eigenvalue weighted by Gasteiger charge is -2.09. The van der Waals surface area contributed by atoms with Crippen molar-refractivity contribution in [3.8, 4) is 0 Å². The van der Waals surface area contributed by atoms with Crippen molar-refractivity contribution in [2.45, 2.75) is 0 Å². The van der Waals surface area contributed by atoms with Gasteiger partial charge < -0.3 is 15.2 Å². The molecule has 0 bridgehead atoms. The molecule has 0 saturated heterocycles. The van der Waals surface area contributed by atoms with E-state index in [4.69, 9.17) is 16.7 Å². The summed E-state index contributed by atoms with van der Waals surface area (Å²) in [7, 11) is 1.50. The molecule has 1 rings (SSSR count). The van der Waals surface area contributed by atoms with Crippen LogP contribution in [-0.4, -0.2) is 37.4 Å². The molecule has 0 aliphatic carbocycles. The van der Waals surface area contributed by atoms with E-state index in [1.165, 1.54) is 25.2 Å². The van der Waals surface area contributed by atoms with E-state index in [0.29, 0.717) is 5.56 Å². The van der Waals surface area contributed by atoms with Crippen LogP contribution in [0.2, 0.25) is 5.02 Å².